The number of nitrogens with two attached hydrogens (primary N) is 5. The summed E-state index contributed by atoms with van der Waals surface area (Å²) in [6.07, 6.45) is 1.73. The molecular weight excluding hydrogens is 496 g/mol. The molecule has 0 fully saturated rings. The van der Waals surface area contributed by atoms with Crippen molar-refractivity contribution < 1.29 is 24.3 Å². The van der Waals surface area contributed by atoms with E-state index >= 15 is 0 Å². The second-order valence-electron chi connectivity index (χ2n) is 9.51. The van der Waals surface area contributed by atoms with Gasteiger partial charge in [0.15, 0.2) is 11.9 Å². The number of nitrogens with zero attached hydrogens (tertiary/aromatic N) is 2. The maximum atomic E-state index is 13.2. The van der Waals surface area contributed by atoms with Gasteiger partial charge in [0.05, 0.1) is 6.04 Å². The summed E-state index contributed by atoms with van der Waals surface area (Å²) >= 11 is 0. The lowest BCUT2D eigenvalue weighted by atomic mass is 9.98. The van der Waals surface area contributed by atoms with Crippen LogP contribution in [0.25, 0.3) is 0 Å². The van der Waals surface area contributed by atoms with E-state index in [4.69, 9.17) is 28.7 Å². The second-order valence-corrected chi connectivity index (χ2v) is 9.51. The highest BCUT2D eigenvalue weighted by Gasteiger charge is 2.32. The molecule has 15 heteroatoms. The van der Waals surface area contributed by atoms with Crippen molar-refractivity contribution in [1.29, 1.82) is 0 Å². The normalized spacial score (nSPS) is 14.8. The number of carbonyl (C=O) groups is 4. The summed E-state index contributed by atoms with van der Waals surface area (Å²) in [6.45, 7) is 7.48. The third-order valence-electron chi connectivity index (χ3n) is 5.91. The molecule has 0 aliphatic carbocycles. The van der Waals surface area contributed by atoms with Gasteiger partial charge in [-0.3, -0.25) is 24.4 Å². The van der Waals surface area contributed by atoms with Crippen LogP contribution in [0.4, 0.5) is 0 Å². The summed E-state index contributed by atoms with van der Waals surface area (Å²) in [4.78, 5) is 58.2. The van der Waals surface area contributed by atoms with Gasteiger partial charge in [-0.1, -0.05) is 34.1 Å². The van der Waals surface area contributed by atoms with Crippen molar-refractivity contribution in [2.75, 3.05) is 13.1 Å². The summed E-state index contributed by atoms with van der Waals surface area (Å²) in [7, 11) is 0. The van der Waals surface area contributed by atoms with Crippen LogP contribution >= 0.6 is 0 Å². The van der Waals surface area contributed by atoms with Crippen LogP contribution in [0.2, 0.25) is 0 Å². The number of amides is 3. The maximum Gasteiger partial charge on any atom is 0.326 e. The molecule has 0 bridgehead atoms. The monoisotopic (exact) mass is 542 g/mol. The number of carboxylic acid groups (broad SMARTS) is 1. The number of hydrogen-bond acceptors (Lipinski definition) is 7. The SMILES string of the molecule is CCC(C)C(NC(=O)C(CCCN=C(N)N)NC(=O)C(NC(=O)C(N)CCCN=C(N)N)C(C)C)C(=O)O. The molecule has 15 nitrogen and oxygen atoms in total. The van der Waals surface area contributed by atoms with E-state index in [9.17, 15) is 24.3 Å². The van der Waals surface area contributed by atoms with Crippen molar-refractivity contribution in [3.8, 4) is 0 Å². The van der Waals surface area contributed by atoms with Gasteiger partial charge < -0.3 is 49.7 Å². The first kappa shape index (κ1) is 34.4. The predicted molar refractivity (Wildman–Crippen MR) is 146 cm³/mol. The van der Waals surface area contributed by atoms with Crippen molar-refractivity contribution in [2.45, 2.75) is 84.0 Å². The molecule has 0 spiro atoms. The lowest BCUT2D eigenvalue weighted by Gasteiger charge is -2.28. The standard InChI is InChI=1S/C23H46N10O5/c1-5-13(4)17(21(37)38)33-19(35)15(9-7-11-30-23(27)28)31-20(36)16(12(2)3)32-18(34)14(24)8-6-10-29-22(25)26/h12-17H,5-11,24H2,1-4H3,(H,31,36)(H,32,34)(H,33,35)(H,37,38)(H4,25,26,29)(H4,27,28,30). The first-order chi connectivity index (χ1) is 17.7. The van der Waals surface area contributed by atoms with Gasteiger partial charge in [-0.15, -0.1) is 0 Å². The molecule has 14 N–H and O–H groups in total. The first-order valence-corrected chi connectivity index (χ1v) is 12.7. The van der Waals surface area contributed by atoms with E-state index in [-0.39, 0.29) is 43.1 Å². The predicted octanol–water partition coefficient (Wildman–Crippen LogP) is -2.34. The van der Waals surface area contributed by atoms with Crippen LogP contribution in [0.1, 0.15) is 59.8 Å². The minimum atomic E-state index is -1.18. The summed E-state index contributed by atoms with van der Waals surface area (Å²) in [5.74, 6) is -3.86. The molecule has 0 aliphatic heterocycles. The molecule has 3 amide bonds. The molecule has 0 saturated heterocycles. The molecule has 0 aromatic carbocycles. The van der Waals surface area contributed by atoms with Gasteiger partial charge in [0.2, 0.25) is 17.7 Å². The summed E-state index contributed by atoms with van der Waals surface area (Å²) in [5, 5.41) is 17.3. The van der Waals surface area contributed by atoms with E-state index in [1.165, 1.54) is 0 Å². The molecule has 0 saturated carbocycles. The molecule has 0 aromatic rings. The zero-order chi connectivity index (χ0) is 29.4. The Morgan fingerprint density at radius 1 is 0.763 bits per heavy atom. The topological polar surface area (TPSA) is 279 Å². The number of guanidine groups is 2. The molecule has 0 rings (SSSR count). The Morgan fingerprint density at radius 2 is 1.26 bits per heavy atom. The fourth-order valence-corrected chi connectivity index (χ4v) is 3.42. The Bertz CT molecular complexity index is 840. The van der Waals surface area contributed by atoms with Gasteiger partial charge in [0.1, 0.15) is 18.1 Å². The molecule has 5 unspecified atom stereocenters. The van der Waals surface area contributed by atoms with Crippen molar-refractivity contribution >= 4 is 35.6 Å². The number of aliphatic carboxylic acids is 1. The zero-order valence-electron chi connectivity index (χ0n) is 22.8. The average Bonchev–Trinajstić information content (AvgIpc) is 2.83. The lowest BCUT2D eigenvalue weighted by Crippen LogP contribution is -2.58. The van der Waals surface area contributed by atoms with E-state index in [0.29, 0.717) is 25.8 Å². The summed E-state index contributed by atoms with van der Waals surface area (Å²) < 4.78 is 0. The van der Waals surface area contributed by atoms with E-state index in [1.807, 2.05) is 6.92 Å². The number of aliphatic imine (C=N–C) groups is 2. The zero-order valence-corrected chi connectivity index (χ0v) is 22.8. The second kappa shape index (κ2) is 17.8. The Labute approximate surface area is 223 Å². The van der Waals surface area contributed by atoms with E-state index in [2.05, 4.69) is 25.9 Å². The minimum Gasteiger partial charge on any atom is -0.480 e. The highest BCUT2D eigenvalue weighted by atomic mass is 16.4. The highest BCUT2D eigenvalue weighted by Crippen LogP contribution is 2.10. The molecule has 5 atom stereocenters. The minimum absolute atomic E-state index is 0.0599. The van der Waals surface area contributed by atoms with Crippen LogP contribution in [0.15, 0.2) is 9.98 Å². The largest absolute Gasteiger partial charge is 0.480 e. The van der Waals surface area contributed by atoms with Crippen LogP contribution in [-0.4, -0.2) is 78.0 Å². The van der Waals surface area contributed by atoms with Crippen LogP contribution in [0.5, 0.6) is 0 Å². The molecule has 0 aliphatic rings. The van der Waals surface area contributed by atoms with E-state index in [1.54, 1.807) is 20.8 Å². The Balaban J connectivity index is 5.51. The number of carboxylic acids is 1. The summed E-state index contributed by atoms with van der Waals surface area (Å²) in [6, 6.07) is -4.12. The van der Waals surface area contributed by atoms with Gasteiger partial charge in [0.25, 0.3) is 0 Å². The fourth-order valence-electron chi connectivity index (χ4n) is 3.42. The van der Waals surface area contributed by atoms with Crippen molar-refractivity contribution in [3.05, 3.63) is 0 Å². The van der Waals surface area contributed by atoms with Gasteiger partial charge in [-0.2, -0.15) is 0 Å². The molecule has 38 heavy (non-hydrogen) atoms. The fraction of sp³-hybridized carbons (Fsp3) is 0.739. The quantitative estimate of drug-likeness (QED) is 0.0505. The van der Waals surface area contributed by atoms with E-state index < -0.39 is 47.9 Å². The van der Waals surface area contributed by atoms with Crippen molar-refractivity contribution in [3.63, 3.8) is 0 Å². The van der Waals surface area contributed by atoms with Crippen LogP contribution in [-0.2, 0) is 19.2 Å². The first-order valence-electron chi connectivity index (χ1n) is 12.7. The number of nitrogens with one attached hydrogen (secondary N) is 3. The highest BCUT2D eigenvalue weighted by molar-refractivity contribution is 5.94. The Kier molecular flexibility index (Phi) is 16.1. The van der Waals surface area contributed by atoms with Crippen LogP contribution in [0, 0.1) is 11.8 Å². The van der Waals surface area contributed by atoms with Gasteiger partial charge in [-0.05, 0) is 37.5 Å². The van der Waals surface area contributed by atoms with Crippen molar-refractivity contribution in [2.24, 2.45) is 50.5 Å². The Hall–Kier alpha value is -3.62. The lowest BCUT2D eigenvalue weighted by molar-refractivity contribution is -0.144. The van der Waals surface area contributed by atoms with Gasteiger partial charge in [-0.25, -0.2) is 4.79 Å². The molecule has 218 valence electrons. The number of hydrogen-bond donors (Lipinski definition) is 9. The molecule has 0 heterocycles. The average molecular weight is 543 g/mol. The van der Waals surface area contributed by atoms with Crippen molar-refractivity contribution in [1.82, 2.24) is 16.0 Å². The summed E-state index contributed by atoms with van der Waals surface area (Å²) in [5.41, 5.74) is 27.2. The number of carbonyl (C=O) groups excluding carboxylic acids is 3. The van der Waals surface area contributed by atoms with Crippen LogP contribution < -0.4 is 44.6 Å². The smallest absolute Gasteiger partial charge is 0.326 e. The maximum absolute atomic E-state index is 13.2. The molecule has 0 radical (unpaired) electrons. The Morgan fingerprint density at radius 3 is 1.71 bits per heavy atom. The van der Waals surface area contributed by atoms with Gasteiger partial charge in [0, 0.05) is 13.1 Å². The third kappa shape index (κ3) is 13.6. The molecular formula is C23H46N10O5. The third-order valence-corrected chi connectivity index (χ3v) is 5.91. The van der Waals surface area contributed by atoms with Gasteiger partial charge >= 0.3 is 5.97 Å². The van der Waals surface area contributed by atoms with Crippen LogP contribution in [0.3, 0.4) is 0 Å². The molecule has 0 aromatic heterocycles. The number of rotatable bonds is 18. The van der Waals surface area contributed by atoms with E-state index in [0.717, 1.165) is 0 Å².